The van der Waals surface area contributed by atoms with Crippen LogP contribution in [0.1, 0.15) is 21.7 Å². The fourth-order valence-corrected chi connectivity index (χ4v) is 2.47. The van der Waals surface area contributed by atoms with E-state index in [2.05, 4.69) is 32.8 Å². The number of rotatable bonds is 7. The Bertz CT molecular complexity index is 811. The molecule has 1 heterocycles. The zero-order valence-electron chi connectivity index (χ0n) is 14.1. The van der Waals surface area contributed by atoms with Crippen LogP contribution in [0.3, 0.4) is 0 Å². The van der Waals surface area contributed by atoms with E-state index in [1.165, 1.54) is 11.9 Å². The highest BCUT2D eigenvalue weighted by molar-refractivity contribution is 5.94. The monoisotopic (exact) mass is 335 g/mol. The average Bonchev–Trinajstić information content (AvgIpc) is 3.06. The van der Waals surface area contributed by atoms with Crippen LogP contribution in [0.25, 0.3) is 0 Å². The zero-order chi connectivity index (χ0) is 17.5. The third kappa shape index (κ3) is 4.67. The number of carbonyl (C=O) groups excluding carboxylic acids is 1. The Balaban J connectivity index is 1.47. The number of amides is 1. The SMILES string of the molecule is Cn1ncnc1CNc1ccc(C(=O)NCCc2ccccc2)cc1. The van der Waals surface area contributed by atoms with Gasteiger partial charge in [0.2, 0.25) is 0 Å². The van der Waals surface area contributed by atoms with Crippen LogP contribution < -0.4 is 10.6 Å². The number of aromatic nitrogens is 3. The second kappa shape index (κ2) is 8.10. The first-order valence-corrected chi connectivity index (χ1v) is 8.21. The molecule has 1 amide bonds. The van der Waals surface area contributed by atoms with Crippen molar-refractivity contribution < 1.29 is 4.79 Å². The van der Waals surface area contributed by atoms with E-state index in [4.69, 9.17) is 0 Å². The molecule has 6 nitrogen and oxygen atoms in total. The first-order chi connectivity index (χ1) is 12.2. The standard InChI is InChI=1S/C19H21N5O/c1-24-18(22-14-23-24)13-21-17-9-7-16(8-10-17)19(25)20-12-11-15-5-3-2-4-6-15/h2-10,14,21H,11-13H2,1H3,(H,20,25). The lowest BCUT2D eigenvalue weighted by Crippen LogP contribution is -2.25. The number of hydrogen-bond acceptors (Lipinski definition) is 4. The van der Waals surface area contributed by atoms with Gasteiger partial charge in [0.15, 0.2) is 0 Å². The van der Waals surface area contributed by atoms with Gasteiger partial charge in [0.1, 0.15) is 12.2 Å². The summed E-state index contributed by atoms with van der Waals surface area (Å²) in [6.07, 6.45) is 2.35. The molecule has 0 saturated carbocycles. The summed E-state index contributed by atoms with van der Waals surface area (Å²) in [5.74, 6) is 0.790. The summed E-state index contributed by atoms with van der Waals surface area (Å²) < 4.78 is 1.72. The van der Waals surface area contributed by atoms with E-state index in [0.29, 0.717) is 18.7 Å². The predicted molar refractivity (Wildman–Crippen MR) is 97.3 cm³/mol. The molecule has 0 aliphatic heterocycles. The zero-order valence-corrected chi connectivity index (χ0v) is 14.1. The van der Waals surface area contributed by atoms with Gasteiger partial charge < -0.3 is 10.6 Å². The molecule has 0 saturated heterocycles. The highest BCUT2D eigenvalue weighted by Gasteiger charge is 2.05. The lowest BCUT2D eigenvalue weighted by Gasteiger charge is -2.08. The van der Waals surface area contributed by atoms with Crippen molar-refractivity contribution in [3.05, 3.63) is 77.9 Å². The number of benzene rings is 2. The Kier molecular flexibility index (Phi) is 5.41. The maximum absolute atomic E-state index is 12.2. The molecule has 25 heavy (non-hydrogen) atoms. The molecule has 0 fully saturated rings. The van der Waals surface area contributed by atoms with Crippen molar-refractivity contribution in [2.45, 2.75) is 13.0 Å². The number of nitrogens with zero attached hydrogens (tertiary/aromatic N) is 3. The van der Waals surface area contributed by atoms with Crippen molar-refractivity contribution in [3.8, 4) is 0 Å². The van der Waals surface area contributed by atoms with Gasteiger partial charge in [-0.2, -0.15) is 5.10 Å². The first-order valence-electron chi connectivity index (χ1n) is 8.21. The second-order valence-corrected chi connectivity index (χ2v) is 5.72. The van der Waals surface area contributed by atoms with Gasteiger partial charge in [-0.05, 0) is 36.2 Å². The molecule has 3 aromatic rings. The Labute approximate surface area is 146 Å². The van der Waals surface area contributed by atoms with E-state index in [9.17, 15) is 4.79 Å². The summed E-state index contributed by atoms with van der Waals surface area (Å²) in [5, 5.41) is 10.2. The Morgan fingerprint density at radius 1 is 1.08 bits per heavy atom. The highest BCUT2D eigenvalue weighted by atomic mass is 16.1. The molecule has 0 radical (unpaired) electrons. The Morgan fingerprint density at radius 3 is 2.52 bits per heavy atom. The molecule has 0 aliphatic carbocycles. The number of hydrogen-bond donors (Lipinski definition) is 2. The maximum atomic E-state index is 12.2. The molecule has 6 heteroatoms. The molecule has 0 unspecified atom stereocenters. The number of carbonyl (C=O) groups is 1. The number of anilines is 1. The van der Waals surface area contributed by atoms with Crippen LogP contribution >= 0.6 is 0 Å². The Hall–Kier alpha value is -3.15. The minimum atomic E-state index is -0.0595. The summed E-state index contributed by atoms with van der Waals surface area (Å²) in [5.41, 5.74) is 2.80. The van der Waals surface area contributed by atoms with Gasteiger partial charge in [0.05, 0.1) is 6.54 Å². The molecular formula is C19H21N5O. The van der Waals surface area contributed by atoms with E-state index in [1.54, 1.807) is 4.68 Å². The van der Waals surface area contributed by atoms with Gasteiger partial charge in [-0.3, -0.25) is 9.48 Å². The van der Waals surface area contributed by atoms with Crippen LogP contribution in [0.4, 0.5) is 5.69 Å². The highest BCUT2D eigenvalue weighted by Crippen LogP contribution is 2.10. The van der Waals surface area contributed by atoms with Crippen molar-refractivity contribution in [2.24, 2.45) is 7.05 Å². The van der Waals surface area contributed by atoms with Crippen LogP contribution in [0, 0.1) is 0 Å². The second-order valence-electron chi connectivity index (χ2n) is 5.72. The smallest absolute Gasteiger partial charge is 0.251 e. The minimum absolute atomic E-state index is 0.0595. The summed E-state index contributed by atoms with van der Waals surface area (Å²) in [6.45, 7) is 1.20. The quantitative estimate of drug-likeness (QED) is 0.695. The average molecular weight is 335 g/mol. The minimum Gasteiger partial charge on any atom is -0.378 e. The molecule has 0 aliphatic rings. The maximum Gasteiger partial charge on any atom is 0.251 e. The number of nitrogens with one attached hydrogen (secondary N) is 2. The molecular weight excluding hydrogens is 314 g/mol. The van der Waals surface area contributed by atoms with E-state index < -0.39 is 0 Å². The summed E-state index contributed by atoms with van der Waals surface area (Å²) in [7, 11) is 1.85. The Morgan fingerprint density at radius 2 is 1.84 bits per heavy atom. The van der Waals surface area contributed by atoms with E-state index in [1.807, 2.05) is 49.5 Å². The summed E-state index contributed by atoms with van der Waals surface area (Å²) in [4.78, 5) is 16.3. The van der Waals surface area contributed by atoms with Gasteiger partial charge >= 0.3 is 0 Å². The van der Waals surface area contributed by atoms with E-state index in [-0.39, 0.29) is 5.91 Å². The normalized spacial score (nSPS) is 10.4. The fraction of sp³-hybridized carbons (Fsp3) is 0.211. The van der Waals surface area contributed by atoms with Crippen LogP contribution in [0.15, 0.2) is 60.9 Å². The molecule has 1 aromatic heterocycles. The largest absolute Gasteiger partial charge is 0.378 e. The summed E-state index contributed by atoms with van der Waals surface area (Å²) in [6, 6.07) is 17.5. The van der Waals surface area contributed by atoms with Gasteiger partial charge in [0, 0.05) is 24.8 Å². The van der Waals surface area contributed by atoms with Gasteiger partial charge in [-0.25, -0.2) is 4.98 Å². The van der Waals surface area contributed by atoms with Crippen molar-refractivity contribution in [2.75, 3.05) is 11.9 Å². The van der Waals surface area contributed by atoms with Crippen molar-refractivity contribution in [3.63, 3.8) is 0 Å². The van der Waals surface area contributed by atoms with Crippen LogP contribution in [-0.2, 0) is 20.0 Å². The molecule has 0 bridgehead atoms. The van der Waals surface area contributed by atoms with Crippen LogP contribution in [0.5, 0.6) is 0 Å². The topological polar surface area (TPSA) is 71.8 Å². The van der Waals surface area contributed by atoms with Crippen molar-refractivity contribution >= 4 is 11.6 Å². The molecule has 2 aromatic carbocycles. The lowest BCUT2D eigenvalue weighted by molar-refractivity contribution is 0.0954. The first kappa shape index (κ1) is 16.7. The van der Waals surface area contributed by atoms with Gasteiger partial charge in [-0.15, -0.1) is 0 Å². The fourth-order valence-electron chi connectivity index (χ4n) is 2.47. The van der Waals surface area contributed by atoms with Gasteiger partial charge in [0.25, 0.3) is 5.91 Å². The third-order valence-corrected chi connectivity index (χ3v) is 3.94. The molecule has 0 spiro atoms. The lowest BCUT2D eigenvalue weighted by atomic mass is 10.1. The molecule has 2 N–H and O–H groups in total. The van der Waals surface area contributed by atoms with E-state index >= 15 is 0 Å². The predicted octanol–water partition coefficient (Wildman–Crippen LogP) is 2.40. The molecule has 128 valence electrons. The van der Waals surface area contributed by atoms with Crippen LogP contribution in [-0.4, -0.2) is 27.2 Å². The third-order valence-electron chi connectivity index (χ3n) is 3.94. The molecule has 0 atom stereocenters. The van der Waals surface area contributed by atoms with Crippen LogP contribution in [0.2, 0.25) is 0 Å². The molecule has 3 rings (SSSR count). The van der Waals surface area contributed by atoms with E-state index in [0.717, 1.165) is 17.9 Å². The van der Waals surface area contributed by atoms with Gasteiger partial charge in [-0.1, -0.05) is 30.3 Å². The number of aryl methyl sites for hydroxylation is 1. The van der Waals surface area contributed by atoms with Crippen molar-refractivity contribution in [1.29, 1.82) is 0 Å². The summed E-state index contributed by atoms with van der Waals surface area (Å²) >= 11 is 0. The van der Waals surface area contributed by atoms with Crippen molar-refractivity contribution in [1.82, 2.24) is 20.1 Å².